The normalized spacial score (nSPS) is 11.2. The van der Waals surface area contributed by atoms with Crippen molar-refractivity contribution in [1.29, 1.82) is 0 Å². The lowest BCUT2D eigenvalue weighted by molar-refractivity contribution is 0.0949. The molecule has 0 aliphatic heterocycles. The molecule has 0 aliphatic carbocycles. The van der Waals surface area contributed by atoms with E-state index in [0.29, 0.717) is 29.1 Å². The minimum Gasteiger partial charge on any atom is -0.348 e. The molecular weight excluding hydrogens is 482 g/mol. The van der Waals surface area contributed by atoms with Crippen LogP contribution < -0.4 is 10.9 Å². The van der Waals surface area contributed by atoms with E-state index in [4.69, 9.17) is 9.97 Å². The highest BCUT2D eigenvalue weighted by atomic mass is 32.1. The van der Waals surface area contributed by atoms with Gasteiger partial charge >= 0.3 is 0 Å². The average Bonchev–Trinajstić information content (AvgIpc) is 3.37. The van der Waals surface area contributed by atoms with E-state index in [1.807, 2.05) is 79.7 Å². The van der Waals surface area contributed by atoms with E-state index in [0.717, 1.165) is 31.8 Å². The Morgan fingerprint density at radius 1 is 0.919 bits per heavy atom. The third kappa shape index (κ3) is 4.50. The van der Waals surface area contributed by atoms with Crippen LogP contribution in [0.15, 0.2) is 89.9 Å². The number of carbonyl (C=O) groups excluding carboxylic acids is 1. The molecule has 6 aromatic rings. The van der Waals surface area contributed by atoms with E-state index < -0.39 is 11.5 Å². The molecule has 0 radical (unpaired) electrons. The quantitative estimate of drug-likeness (QED) is 0.324. The van der Waals surface area contributed by atoms with Crippen molar-refractivity contribution < 1.29 is 4.79 Å². The van der Waals surface area contributed by atoms with Crippen LogP contribution in [0.4, 0.5) is 0 Å². The maximum atomic E-state index is 12.9. The van der Waals surface area contributed by atoms with Crippen molar-refractivity contribution in [3.63, 3.8) is 0 Å². The fourth-order valence-corrected chi connectivity index (χ4v) is 5.08. The fraction of sp³-hybridized carbons (Fsp3) is 0.0690. The van der Waals surface area contributed by atoms with Crippen molar-refractivity contribution in [2.45, 2.75) is 13.5 Å². The van der Waals surface area contributed by atoms with Gasteiger partial charge in [-0.3, -0.25) is 14.6 Å². The summed E-state index contributed by atoms with van der Waals surface area (Å²) in [5, 5.41) is 3.80. The van der Waals surface area contributed by atoms with Crippen LogP contribution in [0.3, 0.4) is 0 Å². The monoisotopic (exact) mass is 503 g/mol. The van der Waals surface area contributed by atoms with E-state index in [-0.39, 0.29) is 5.56 Å². The van der Waals surface area contributed by atoms with Crippen molar-refractivity contribution in [3.8, 4) is 21.8 Å². The molecule has 0 bridgehead atoms. The minimum absolute atomic E-state index is 0.00823. The Bertz CT molecular complexity index is 1840. The van der Waals surface area contributed by atoms with E-state index in [1.165, 1.54) is 6.07 Å². The third-order valence-corrected chi connectivity index (χ3v) is 7.08. The van der Waals surface area contributed by atoms with Crippen LogP contribution in [0, 0.1) is 6.92 Å². The molecular formula is C29H21N5O2S. The van der Waals surface area contributed by atoms with Gasteiger partial charge in [0.05, 0.1) is 16.1 Å². The Morgan fingerprint density at radius 3 is 2.59 bits per heavy atom. The zero-order valence-corrected chi connectivity index (χ0v) is 20.7. The van der Waals surface area contributed by atoms with Crippen molar-refractivity contribution >= 4 is 39.3 Å². The van der Waals surface area contributed by atoms with E-state index >= 15 is 0 Å². The molecule has 0 fully saturated rings. The molecule has 0 aliphatic rings. The Kier molecular flexibility index (Phi) is 5.78. The van der Waals surface area contributed by atoms with Crippen molar-refractivity contribution in [2.24, 2.45) is 0 Å². The van der Waals surface area contributed by atoms with Crippen LogP contribution in [0.25, 0.3) is 43.9 Å². The van der Waals surface area contributed by atoms with Gasteiger partial charge in [0.2, 0.25) is 0 Å². The summed E-state index contributed by atoms with van der Waals surface area (Å²) in [4.78, 5) is 44.7. The number of fused-ring (bicyclic) bond motifs is 2. The molecule has 4 heterocycles. The zero-order chi connectivity index (χ0) is 25.4. The number of nitrogens with one attached hydrogen (secondary N) is 2. The van der Waals surface area contributed by atoms with Crippen LogP contribution in [-0.4, -0.2) is 25.8 Å². The molecule has 2 aromatic carbocycles. The van der Waals surface area contributed by atoms with Gasteiger partial charge < -0.3 is 10.3 Å². The highest BCUT2D eigenvalue weighted by molar-refractivity contribution is 7.15. The second-order valence-electron chi connectivity index (χ2n) is 8.66. The van der Waals surface area contributed by atoms with E-state index in [2.05, 4.69) is 15.3 Å². The van der Waals surface area contributed by atoms with Gasteiger partial charge in [0.1, 0.15) is 16.8 Å². The summed E-state index contributed by atoms with van der Waals surface area (Å²) in [7, 11) is 0. The van der Waals surface area contributed by atoms with Crippen LogP contribution in [-0.2, 0) is 6.54 Å². The highest BCUT2D eigenvalue weighted by Gasteiger charge is 2.18. The lowest BCUT2D eigenvalue weighted by Gasteiger charge is -2.11. The molecule has 4 aromatic heterocycles. The maximum absolute atomic E-state index is 12.9. The topological polar surface area (TPSA) is 101 Å². The molecule has 0 saturated heterocycles. The fourth-order valence-electron chi connectivity index (χ4n) is 4.22. The number of nitrogens with zero attached hydrogens (tertiary/aromatic N) is 3. The number of benzene rings is 2. The second kappa shape index (κ2) is 9.40. The van der Waals surface area contributed by atoms with Gasteiger partial charge in [-0.05, 0) is 48.9 Å². The summed E-state index contributed by atoms with van der Waals surface area (Å²) in [6, 6.07) is 24.9. The number of hydrogen-bond donors (Lipinski definition) is 2. The standard InChI is InChI=1S/C29H21N5O2S/c1-17-9-12-24(37-17)26-25(20-10-11-22-19(14-20)8-5-13-30-22)32-23-15-21(29(36)34-27(23)33-26)28(35)31-16-18-6-3-2-4-7-18/h2-15H,16H2,1H3,(H,31,35)(H,33,34,36). The molecule has 0 atom stereocenters. The first-order chi connectivity index (χ1) is 18.0. The van der Waals surface area contributed by atoms with Gasteiger partial charge in [-0.25, -0.2) is 9.97 Å². The lowest BCUT2D eigenvalue weighted by Crippen LogP contribution is -2.29. The first-order valence-corrected chi connectivity index (χ1v) is 12.6. The van der Waals surface area contributed by atoms with Crippen LogP contribution in [0.2, 0.25) is 0 Å². The molecule has 1 amide bonds. The lowest BCUT2D eigenvalue weighted by atomic mass is 10.1. The van der Waals surface area contributed by atoms with Crippen molar-refractivity contribution in [3.05, 3.63) is 111 Å². The SMILES string of the molecule is Cc1ccc(-c2nc3[nH]c(=O)c(C(=O)NCc4ccccc4)cc3nc2-c2ccc3ncccc3c2)s1. The van der Waals surface area contributed by atoms with Crippen molar-refractivity contribution in [2.75, 3.05) is 0 Å². The van der Waals surface area contributed by atoms with Gasteiger partial charge in [0.15, 0.2) is 5.65 Å². The highest BCUT2D eigenvalue weighted by Crippen LogP contribution is 2.35. The third-order valence-electron chi connectivity index (χ3n) is 6.07. The number of hydrogen-bond acceptors (Lipinski definition) is 6. The number of aryl methyl sites for hydroxylation is 1. The number of amides is 1. The summed E-state index contributed by atoms with van der Waals surface area (Å²) in [5.74, 6) is -0.468. The average molecular weight is 504 g/mol. The summed E-state index contributed by atoms with van der Waals surface area (Å²) in [6.07, 6.45) is 1.76. The molecule has 180 valence electrons. The maximum Gasteiger partial charge on any atom is 0.262 e. The second-order valence-corrected chi connectivity index (χ2v) is 9.94. The van der Waals surface area contributed by atoms with Crippen LogP contribution >= 0.6 is 11.3 Å². The Labute approximate surface area is 215 Å². The van der Waals surface area contributed by atoms with Crippen molar-refractivity contribution in [1.82, 2.24) is 25.3 Å². The number of rotatable bonds is 5. The summed E-state index contributed by atoms with van der Waals surface area (Å²) in [6.45, 7) is 2.35. The van der Waals surface area contributed by atoms with Crippen LogP contribution in [0.5, 0.6) is 0 Å². The Hall–Kier alpha value is -4.69. The molecule has 8 heteroatoms. The zero-order valence-electron chi connectivity index (χ0n) is 19.9. The first-order valence-electron chi connectivity index (χ1n) is 11.7. The van der Waals surface area contributed by atoms with Gasteiger partial charge in [0.25, 0.3) is 11.5 Å². The van der Waals surface area contributed by atoms with Gasteiger partial charge in [0, 0.05) is 28.6 Å². The molecule has 0 spiro atoms. The van der Waals surface area contributed by atoms with E-state index in [9.17, 15) is 9.59 Å². The van der Waals surface area contributed by atoms with Gasteiger partial charge in [-0.15, -0.1) is 11.3 Å². The smallest absolute Gasteiger partial charge is 0.262 e. The van der Waals surface area contributed by atoms with E-state index in [1.54, 1.807) is 17.5 Å². The molecule has 7 nitrogen and oxygen atoms in total. The minimum atomic E-state index is -0.509. The number of pyridine rings is 2. The van der Waals surface area contributed by atoms with Gasteiger partial charge in [-0.2, -0.15) is 0 Å². The molecule has 6 rings (SSSR count). The summed E-state index contributed by atoms with van der Waals surface area (Å²) < 4.78 is 0. The number of carbonyl (C=O) groups is 1. The predicted molar refractivity (Wildman–Crippen MR) is 147 cm³/mol. The summed E-state index contributed by atoms with van der Waals surface area (Å²) >= 11 is 1.61. The molecule has 0 saturated carbocycles. The number of aromatic nitrogens is 4. The molecule has 0 unspecified atom stereocenters. The largest absolute Gasteiger partial charge is 0.348 e. The number of aromatic amines is 1. The molecule has 37 heavy (non-hydrogen) atoms. The number of H-pyrrole nitrogens is 1. The van der Waals surface area contributed by atoms with Gasteiger partial charge in [-0.1, -0.05) is 42.5 Å². The Morgan fingerprint density at radius 2 is 1.78 bits per heavy atom. The molecule has 2 N–H and O–H groups in total. The first kappa shape index (κ1) is 22.8. The Balaban J connectivity index is 1.47. The van der Waals surface area contributed by atoms with Crippen LogP contribution in [0.1, 0.15) is 20.8 Å². The predicted octanol–water partition coefficient (Wildman–Crippen LogP) is 5.50. The number of thiophene rings is 1. The summed E-state index contributed by atoms with van der Waals surface area (Å²) in [5.41, 5.74) is 4.29.